The van der Waals surface area contributed by atoms with Gasteiger partial charge in [0.1, 0.15) is 12.4 Å². The average molecular weight is 414 g/mol. The van der Waals surface area contributed by atoms with Crippen LogP contribution in [0.2, 0.25) is 0 Å². The molecule has 0 aliphatic carbocycles. The molecule has 1 unspecified atom stereocenters. The van der Waals surface area contributed by atoms with E-state index in [2.05, 4.69) is 32.7 Å². The number of aromatic nitrogens is 1. The van der Waals surface area contributed by atoms with Gasteiger partial charge in [-0.3, -0.25) is 9.69 Å². The zero-order valence-electron chi connectivity index (χ0n) is 15.5. The summed E-state index contributed by atoms with van der Waals surface area (Å²) in [6, 6.07) is 11.8. The smallest absolute Gasteiger partial charge is 0.251 e. The minimum Gasteiger partial charge on any atom is -0.487 e. The Balaban J connectivity index is 1.33. The molecule has 1 aliphatic heterocycles. The molecule has 7 heteroatoms. The molecule has 1 fully saturated rings. The van der Waals surface area contributed by atoms with Gasteiger partial charge in [-0.2, -0.15) is 0 Å². The van der Waals surface area contributed by atoms with Crippen molar-refractivity contribution in [1.82, 2.24) is 15.2 Å². The van der Waals surface area contributed by atoms with Gasteiger partial charge in [0.05, 0.1) is 17.2 Å². The Morgan fingerprint density at radius 3 is 2.71 bits per heavy atom. The predicted octanol–water partition coefficient (Wildman–Crippen LogP) is 4.35. The fraction of sp³-hybridized carbons (Fsp3) is 0.333. The molecule has 4 rings (SSSR count). The van der Waals surface area contributed by atoms with Gasteiger partial charge in [0, 0.05) is 22.4 Å². The second kappa shape index (κ2) is 9.32. The van der Waals surface area contributed by atoms with Crippen molar-refractivity contribution in [2.75, 3.05) is 19.6 Å². The molecule has 0 radical (unpaired) electrons. The molecule has 2 aromatic heterocycles. The van der Waals surface area contributed by atoms with E-state index in [4.69, 9.17) is 4.74 Å². The number of thiazole rings is 1. The molecule has 1 N–H and O–H groups in total. The van der Waals surface area contributed by atoms with Crippen molar-refractivity contribution >= 4 is 28.6 Å². The Hall–Kier alpha value is -2.22. The summed E-state index contributed by atoms with van der Waals surface area (Å²) in [5, 5.41) is 7.18. The first-order valence-electron chi connectivity index (χ1n) is 9.45. The lowest BCUT2D eigenvalue weighted by molar-refractivity contribution is 0.0938. The molecular formula is C21H23N3O2S2. The van der Waals surface area contributed by atoms with Crippen LogP contribution in [0.25, 0.3) is 0 Å². The quantitative estimate of drug-likeness (QED) is 0.596. The van der Waals surface area contributed by atoms with Crippen LogP contribution in [0, 0.1) is 0 Å². The number of hydrogen-bond acceptors (Lipinski definition) is 6. The van der Waals surface area contributed by atoms with E-state index < -0.39 is 0 Å². The van der Waals surface area contributed by atoms with E-state index in [0.29, 0.717) is 18.7 Å². The molecule has 3 heterocycles. The maximum Gasteiger partial charge on any atom is 0.251 e. The molecule has 1 saturated heterocycles. The normalized spacial score (nSPS) is 15.4. The van der Waals surface area contributed by atoms with E-state index >= 15 is 0 Å². The topological polar surface area (TPSA) is 54.5 Å². The first-order valence-corrected chi connectivity index (χ1v) is 11.3. The number of carbonyl (C=O) groups is 1. The van der Waals surface area contributed by atoms with Crippen LogP contribution in [0.1, 0.15) is 39.8 Å². The Kier molecular flexibility index (Phi) is 6.36. The number of ether oxygens (including phenoxy) is 1. The van der Waals surface area contributed by atoms with Crippen LogP contribution in [0.4, 0.5) is 0 Å². The van der Waals surface area contributed by atoms with Gasteiger partial charge in [0.15, 0.2) is 0 Å². The van der Waals surface area contributed by atoms with E-state index in [-0.39, 0.29) is 11.9 Å². The zero-order valence-corrected chi connectivity index (χ0v) is 17.2. The highest BCUT2D eigenvalue weighted by molar-refractivity contribution is 7.10. The number of likely N-dealkylation sites (tertiary alicyclic amines) is 1. The van der Waals surface area contributed by atoms with Gasteiger partial charge in [0.25, 0.3) is 5.91 Å². The fourth-order valence-electron chi connectivity index (χ4n) is 3.40. The Labute approximate surface area is 173 Å². The van der Waals surface area contributed by atoms with Crippen molar-refractivity contribution in [3.05, 3.63) is 68.8 Å². The van der Waals surface area contributed by atoms with Crippen molar-refractivity contribution in [3.8, 4) is 5.75 Å². The number of rotatable bonds is 8. The van der Waals surface area contributed by atoms with Gasteiger partial charge < -0.3 is 10.1 Å². The zero-order chi connectivity index (χ0) is 19.2. The molecule has 1 aromatic carbocycles. The highest BCUT2D eigenvalue weighted by Gasteiger charge is 2.24. The van der Waals surface area contributed by atoms with Gasteiger partial charge in [-0.1, -0.05) is 6.07 Å². The molecule has 1 amide bonds. The van der Waals surface area contributed by atoms with Crippen LogP contribution >= 0.6 is 22.7 Å². The van der Waals surface area contributed by atoms with Gasteiger partial charge in [-0.05, 0) is 61.6 Å². The monoisotopic (exact) mass is 413 g/mol. The standard InChI is InChI=1S/C21H23N3O2S2/c25-21(16-5-7-18(8-6-16)26-13-17-14-27-15-23-17)22-12-19(20-4-3-11-28-20)24-9-1-2-10-24/h3-8,11,14-15,19H,1-2,9-10,12-13H2,(H,22,25). The number of amides is 1. The van der Waals surface area contributed by atoms with Gasteiger partial charge in [-0.25, -0.2) is 4.98 Å². The third-order valence-electron chi connectivity index (χ3n) is 4.90. The van der Waals surface area contributed by atoms with Crippen molar-refractivity contribution in [3.63, 3.8) is 0 Å². The van der Waals surface area contributed by atoms with Crippen LogP contribution in [-0.4, -0.2) is 35.4 Å². The summed E-state index contributed by atoms with van der Waals surface area (Å²) < 4.78 is 5.71. The molecule has 3 aromatic rings. The van der Waals surface area contributed by atoms with E-state index in [9.17, 15) is 4.79 Å². The number of nitrogens with zero attached hydrogens (tertiary/aromatic N) is 2. The van der Waals surface area contributed by atoms with Gasteiger partial charge in [-0.15, -0.1) is 22.7 Å². The van der Waals surface area contributed by atoms with Crippen molar-refractivity contribution in [1.29, 1.82) is 0 Å². The lowest BCUT2D eigenvalue weighted by Gasteiger charge is -2.26. The Morgan fingerprint density at radius 2 is 2.04 bits per heavy atom. The van der Waals surface area contributed by atoms with Gasteiger partial charge >= 0.3 is 0 Å². The molecule has 1 atom stereocenters. The SMILES string of the molecule is O=C(NCC(c1cccs1)N1CCCC1)c1ccc(OCc2cscn2)cc1. The summed E-state index contributed by atoms with van der Waals surface area (Å²) >= 11 is 3.31. The minimum atomic E-state index is -0.0493. The molecule has 28 heavy (non-hydrogen) atoms. The fourth-order valence-corrected chi connectivity index (χ4v) is 4.81. The second-order valence-electron chi connectivity index (χ2n) is 6.78. The highest BCUT2D eigenvalue weighted by Crippen LogP contribution is 2.28. The van der Waals surface area contributed by atoms with E-state index in [1.807, 2.05) is 29.6 Å². The van der Waals surface area contributed by atoms with E-state index in [0.717, 1.165) is 24.5 Å². The second-order valence-corrected chi connectivity index (χ2v) is 8.48. The molecule has 0 bridgehead atoms. The van der Waals surface area contributed by atoms with Crippen LogP contribution in [0.5, 0.6) is 5.75 Å². The summed E-state index contributed by atoms with van der Waals surface area (Å²) in [5.74, 6) is 0.685. The minimum absolute atomic E-state index is 0.0493. The van der Waals surface area contributed by atoms with Crippen LogP contribution in [0.15, 0.2) is 52.7 Å². The lowest BCUT2D eigenvalue weighted by atomic mass is 10.1. The van der Waals surface area contributed by atoms with Crippen molar-refractivity contribution in [2.24, 2.45) is 0 Å². The Morgan fingerprint density at radius 1 is 1.21 bits per heavy atom. The maximum atomic E-state index is 12.6. The summed E-state index contributed by atoms with van der Waals surface area (Å²) in [6.07, 6.45) is 2.47. The number of nitrogens with one attached hydrogen (secondary N) is 1. The number of thiophene rings is 1. The molecular weight excluding hydrogens is 390 g/mol. The molecule has 0 saturated carbocycles. The molecule has 146 valence electrons. The average Bonchev–Trinajstić information content (AvgIpc) is 3.51. The first-order chi connectivity index (χ1) is 13.8. The van der Waals surface area contributed by atoms with Crippen LogP contribution < -0.4 is 10.1 Å². The van der Waals surface area contributed by atoms with E-state index in [1.54, 1.807) is 28.2 Å². The van der Waals surface area contributed by atoms with E-state index in [1.165, 1.54) is 17.7 Å². The maximum absolute atomic E-state index is 12.6. The number of hydrogen-bond donors (Lipinski definition) is 1. The summed E-state index contributed by atoms with van der Waals surface area (Å²) in [6.45, 7) is 3.27. The molecule has 5 nitrogen and oxygen atoms in total. The molecule has 0 spiro atoms. The third-order valence-corrected chi connectivity index (χ3v) is 6.50. The Bertz CT molecular complexity index is 858. The summed E-state index contributed by atoms with van der Waals surface area (Å²) in [7, 11) is 0. The van der Waals surface area contributed by atoms with Crippen LogP contribution in [-0.2, 0) is 6.61 Å². The summed E-state index contributed by atoms with van der Waals surface area (Å²) in [4.78, 5) is 20.6. The van der Waals surface area contributed by atoms with Gasteiger partial charge in [0.2, 0.25) is 0 Å². The first kappa shape index (κ1) is 19.1. The molecule has 1 aliphatic rings. The van der Waals surface area contributed by atoms with Crippen LogP contribution in [0.3, 0.4) is 0 Å². The predicted molar refractivity (Wildman–Crippen MR) is 113 cm³/mol. The number of carbonyl (C=O) groups excluding carboxylic acids is 1. The van der Waals surface area contributed by atoms with Crippen molar-refractivity contribution < 1.29 is 9.53 Å². The lowest BCUT2D eigenvalue weighted by Crippen LogP contribution is -2.36. The highest BCUT2D eigenvalue weighted by atomic mass is 32.1. The summed E-state index contributed by atoms with van der Waals surface area (Å²) in [5.41, 5.74) is 3.35. The van der Waals surface area contributed by atoms with Crippen molar-refractivity contribution in [2.45, 2.75) is 25.5 Å². The third kappa shape index (κ3) is 4.79. The largest absolute Gasteiger partial charge is 0.487 e. The number of benzene rings is 1.